The number of likely N-dealkylation sites (tertiary alicyclic amines) is 1. The van der Waals surface area contributed by atoms with Gasteiger partial charge in [-0.3, -0.25) is 9.48 Å². The van der Waals surface area contributed by atoms with E-state index in [9.17, 15) is 9.90 Å². The number of aliphatic hydroxyl groups is 1. The van der Waals surface area contributed by atoms with Gasteiger partial charge in [0.15, 0.2) is 0 Å². The van der Waals surface area contributed by atoms with Crippen molar-refractivity contribution in [3.63, 3.8) is 0 Å². The molecule has 0 radical (unpaired) electrons. The van der Waals surface area contributed by atoms with Gasteiger partial charge in [-0.2, -0.15) is 16.9 Å². The number of aromatic nitrogens is 2. The monoisotopic (exact) mass is 283 g/mol. The molecule has 1 aromatic heterocycles. The fourth-order valence-corrected chi connectivity index (χ4v) is 2.83. The number of aryl methyl sites for hydroxylation is 2. The van der Waals surface area contributed by atoms with Gasteiger partial charge in [0.1, 0.15) is 6.10 Å². The van der Waals surface area contributed by atoms with Crippen LogP contribution in [0.2, 0.25) is 0 Å². The lowest BCUT2D eigenvalue weighted by Crippen LogP contribution is -2.54. The summed E-state index contributed by atoms with van der Waals surface area (Å²) in [6.07, 6.45) is 1.65. The van der Waals surface area contributed by atoms with Crippen molar-refractivity contribution < 1.29 is 9.90 Å². The highest BCUT2D eigenvalue weighted by molar-refractivity contribution is 7.98. The molecule has 1 aliphatic rings. The minimum atomic E-state index is -0.853. The molecular formula is C13H21N3O2S. The topological polar surface area (TPSA) is 58.4 Å². The van der Waals surface area contributed by atoms with Crippen LogP contribution in [0.25, 0.3) is 0 Å². The average Bonchev–Trinajstić information content (AvgIpc) is 2.63. The second-order valence-electron chi connectivity index (χ2n) is 5.07. The third-order valence-corrected chi connectivity index (χ3v) is 4.09. The normalized spacial score (nSPS) is 17.4. The maximum Gasteiger partial charge on any atom is 0.251 e. The van der Waals surface area contributed by atoms with E-state index in [2.05, 4.69) is 5.10 Å². The summed E-state index contributed by atoms with van der Waals surface area (Å²) >= 11 is 1.64. The predicted molar refractivity (Wildman–Crippen MR) is 76.3 cm³/mol. The summed E-state index contributed by atoms with van der Waals surface area (Å²) in [5.74, 6) is 0.661. The number of carbonyl (C=O) groups excluding carboxylic acids is 1. The molecule has 2 heterocycles. The van der Waals surface area contributed by atoms with E-state index in [-0.39, 0.29) is 11.9 Å². The molecule has 1 aromatic rings. The van der Waals surface area contributed by atoms with Crippen LogP contribution in [-0.4, -0.2) is 56.9 Å². The van der Waals surface area contributed by atoms with Crippen LogP contribution in [0, 0.1) is 13.8 Å². The molecule has 1 amide bonds. The first-order chi connectivity index (χ1) is 9.02. The predicted octanol–water partition coefficient (Wildman–Crippen LogP) is 0.997. The summed E-state index contributed by atoms with van der Waals surface area (Å²) in [6.45, 7) is 5.29. The lowest BCUT2D eigenvalue weighted by atomic mass is 10.1. The lowest BCUT2D eigenvalue weighted by Gasteiger charge is -2.40. The highest BCUT2D eigenvalue weighted by atomic mass is 32.2. The largest absolute Gasteiger partial charge is 0.383 e. The molecule has 19 heavy (non-hydrogen) atoms. The van der Waals surface area contributed by atoms with Gasteiger partial charge in [0.05, 0.1) is 11.7 Å². The quantitative estimate of drug-likeness (QED) is 0.876. The van der Waals surface area contributed by atoms with Crippen molar-refractivity contribution in [2.45, 2.75) is 32.4 Å². The summed E-state index contributed by atoms with van der Waals surface area (Å²) in [5.41, 5.74) is 2.12. The summed E-state index contributed by atoms with van der Waals surface area (Å²) in [7, 11) is 0. The SMILES string of the molecule is CSCC[C@H](O)C(=O)N1CC(n2nc(C)cc2C)C1. The van der Waals surface area contributed by atoms with Crippen LogP contribution in [0.5, 0.6) is 0 Å². The van der Waals surface area contributed by atoms with Crippen LogP contribution in [0.1, 0.15) is 23.9 Å². The van der Waals surface area contributed by atoms with E-state index in [1.165, 1.54) is 0 Å². The van der Waals surface area contributed by atoms with Crippen molar-refractivity contribution in [1.82, 2.24) is 14.7 Å². The lowest BCUT2D eigenvalue weighted by molar-refractivity contribution is -0.146. The Labute approximate surface area is 118 Å². The average molecular weight is 283 g/mol. The fourth-order valence-electron chi connectivity index (χ4n) is 2.37. The molecule has 106 valence electrons. The van der Waals surface area contributed by atoms with Gasteiger partial charge in [-0.1, -0.05) is 0 Å². The number of hydrogen-bond acceptors (Lipinski definition) is 4. The van der Waals surface area contributed by atoms with Crippen LogP contribution in [0.4, 0.5) is 0 Å². The van der Waals surface area contributed by atoms with Crippen molar-refractivity contribution in [3.05, 3.63) is 17.5 Å². The van der Waals surface area contributed by atoms with Gasteiger partial charge in [-0.05, 0) is 38.3 Å². The van der Waals surface area contributed by atoms with E-state index in [4.69, 9.17) is 0 Å². The molecule has 1 atom stereocenters. The maximum absolute atomic E-state index is 11.9. The second-order valence-corrected chi connectivity index (χ2v) is 6.05. The van der Waals surface area contributed by atoms with Gasteiger partial charge in [0.2, 0.25) is 0 Å². The van der Waals surface area contributed by atoms with Crippen LogP contribution in [-0.2, 0) is 4.79 Å². The molecule has 0 bridgehead atoms. The third kappa shape index (κ3) is 3.12. The summed E-state index contributed by atoms with van der Waals surface area (Å²) < 4.78 is 1.98. The summed E-state index contributed by atoms with van der Waals surface area (Å²) in [6, 6.07) is 2.29. The Morgan fingerprint density at radius 1 is 1.58 bits per heavy atom. The Balaban J connectivity index is 1.86. The summed E-state index contributed by atoms with van der Waals surface area (Å²) in [5, 5.41) is 14.2. The van der Waals surface area contributed by atoms with Crippen LogP contribution in [0.3, 0.4) is 0 Å². The Morgan fingerprint density at radius 3 is 2.79 bits per heavy atom. The zero-order valence-electron chi connectivity index (χ0n) is 11.7. The molecule has 5 nitrogen and oxygen atoms in total. The first kappa shape index (κ1) is 14.4. The zero-order valence-corrected chi connectivity index (χ0v) is 12.5. The first-order valence-electron chi connectivity index (χ1n) is 6.51. The second kappa shape index (κ2) is 5.96. The van der Waals surface area contributed by atoms with Gasteiger partial charge in [0.25, 0.3) is 5.91 Å². The molecule has 0 aliphatic carbocycles. The van der Waals surface area contributed by atoms with Crippen molar-refractivity contribution in [2.24, 2.45) is 0 Å². The third-order valence-electron chi connectivity index (χ3n) is 3.44. The van der Waals surface area contributed by atoms with Gasteiger partial charge in [-0.15, -0.1) is 0 Å². The Kier molecular flexibility index (Phi) is 4.52. The number of hydrogen-bond donors (Lipinski definition) is 1. The van der Waals surface area contributed by atoms with Crippen molar-refractivity contribution in [1.29, 1.82) is 0 Å². The number of rotatable bonds is 5. The maximum atomic E-state index is 11.9. The number of thioether (sulfide) groups is 1. The van der Waals surface area contributed by atoms with E-state index in [0.29, 0.717) is 19.5 Å². The van der Waals surface area contributed by atoms with E-state index in [1.54, 1.807) is 16.7 Å². The molecule has 6 heteroatoms. The Morgan fingerprint density at radius 2 is 2.26 bits per heavy atom. The fraction of sp³-hybridized carbons (Fsp3) is 0.692. The molecule has 1 N–H and O–H groups in total. The molecule has 0 unspecified atom stereocenters. The van der Waals surface area contributed by atoms with E-state index >= 15 is 0 Å². The molecule has 0 spiro atoms. The van der Waals surface area contributed by atoms with E-state index < -0.39 is 6.10 Å². The standard InChI is InChI=1S/C13H21N3O2S/c1-9-6-10(2)16(14-9)11-7-15(8-11)13(18)12(17)4-5-19-3/h6,11-12,17H,4-5,7-8H2,1-3H3/t12-/m0/s1. The van der Waals surface area contributed by atoms with Crippen LogP contribution >= 0.6 is 11.8 Å². The van der Waals surface area contributed by atoms with Gasteiger partial charge in [0, 0.05) is 18.8 Å². The summed E-state index contributed by atoms with van der Waals surface area (Å²) in [4.78, 5) is 13.6. The van der Waals surface area contributed by atoms with Gasteiger partial charge < -0.3 is 10.0 Å². The minimum Gasteiger partial charge on any atom is -0.383 e. The minimum absolute atomic E-state index is 0.146. The van der Waals surface area contributed by atoms with Crippen LogP contribution in [0.15, 0.2) is 6.07 Å². The van der Waals surface area contributed by atoms with E-state index in [1.807, 2.05) is 30.9 Å². The number of carbonyl (C=O) groups is 1. The van der Waals surface area contributed by atoms with Gasteiger partial charge >= 0.3 is 0 Å². The Hall–Kier alpha value is -1.01. The molecular weight excluding hydrogens is 262 g/mol. The molecule has 1 aliphatic heterocycles. The van der Waals surface area contributed by atoms with E-state index in [0.717, 1.165) is 17.1 Å². The molecule has 2 rings (SSSR count). The van der Waals surface area contributed by atoms with Crippen molar-refractivity contribution in [3.8, 4) is 0 Å². The smallest absolute Gasteiger partial charge is 0.251 e. The molecule has 0 aromatic carbocycles. The number of nitrogens with zero attached hydrogens (tertiary/aromatic N) is 3. The highest BCUT2D eigenvalue weighted by Gasteiger charge is 2.35. The zero-order chi connectivity index (χ0) is 14.0. The first-order valence-corrected chi connectivity index (χ1v) is 7.91. The van der Waals surface area contributed by atoms with Gasteiger partial charge in [-0.25, -0.2) is 0 Å². The Bertz CT molecular complexity index is 455. The van der Waals surface area contributed by atoms with Crippen LogP contribution < -0.4 is 0 Å². The molecule has 0 saturated carbocycles. The highest BCUT2D eigenvalue weighted by Crippen LogP contribution is 2.23. The number of aliphatic hydroxyl groups excluding tert-OH is 1. The number of amides is 1. The molecule has 1 saturated heterocycles. The molecule has 1 fully saturated rings. The van der Waals surface area contributed by atoms with Crippen molar-refractivity contribution in [2.75, 3.05) is 25.1 Å². The van der Waals surface area contributed by atoms with Crippen molar-refractivity contribution >= 4 is 17.7 Å².